The molecule has 1 saturated heterocycles. The minimum absolute atomic E-state index is 0.698. The number of nitrogens with zero attached hydrogens (tertiary/aromatic N) is 2. The highest BCUT2D eigenvalue weighted by atomic mass is 15.1. The Morgan fingerprint density at radius 3 is 2.65 bits per heavy atom. The summed E-state index contributed by atoms with van der Waals surface area (Å²) in [6, 6.07) is 4.40. The minimum atomic E-state index is 0.698. The van der Waals surface area contributed by atoms with Crippen molar-refractivity contribution in [2.45, 2.75) is 46.7 Å². The molecule has 2 heterocycles. The van der Waals surface area contributed by atoms with Crippen molar-refractivity contribution in [1.29, 1.82) is 0 Å². The maximum absolute atomic E-state index is 4.61. The molecule has 0 atom stereocenters. The molecule has 0 aliphatic carbocycles. The van der Waals surface area contributed by atoms with Crippen LogP contribution in [0.1, 0.15) is 44.9 Å². The monoisotopic (exact) mass is 275 g/mol. The fraction of sp³-hybridized carbons (Fsp3) is 0.706. The molecule has 3 nitrogen and oxygen atoms in total. The molecule has 0 spiro atoms. The summed E-state index contributed by atoms with van der Waals surface area (Å²) in [5, 5.41) is 3.46. The first-order valence-corrected chi connectivity index (χ1v) is 8.00. The summed E-state index contributed by atoms with van der Waals surface area (Å²) in [5.41, 5.74) is 2.48. The summed E-state index contributed by atoms with van der Waals surface area (Å²) < 4.78 is 0. The molecule has 0 unspecified atom stereocenters. The van der Waals surface area contributed by atoms with Gasteiger partial charge >= 0.3 is 0 Å². The van der Waals surface area contributed by atoms with E-state index in [4.69, 9.17) is 0 Å². The van der Waals surface area contributed by atoms with Gasteiger partial charge in [-0.1, -0.05) is 26.8 Å². The van der Waals surface area contributed by atoms with Crippen LogP contribution in [-0.2, 0) is 13.1 Å². The Balaban J connectivity index is 1.76. The lowest BCUT2D eigenvalue weighted by Crippen LogP contribution is -2.32. The van der Waals surface area contributed by atoms with Crippen LogP contribution in [0.25, 0.3) is 0 Å². The second-order valence-electron chi connectivity index (χ2n) is 6.64. The first-order valence-electron chi connectivity index (χ1n) is 8.00. The normalized spacial score (nSPS) is 17.8. The molecule has 0 bridgehead atoms. The van der Waals surface area contributed by atoms with E-state index in [2.05, 4.69) is 48.1 Å². The highest BCUT2D eigenvalue weighted by molar-refractivity contribution is 5.14. The van der Waals surface area contributed by atoms with E-state index >= 15 is 0 Å². The van der Waals surface area contributed by atoms with Crippen molar-refractivity contribution in [3.05, 3.63) is 29.6 Å². The molecule has 0 amide bonds. The molecule has 112 valence electrons. The van der Waals surface area contributed by atoms with Crippen LogP contribution in [0.4, 0.5) is 0 Å². The summed E-state index contributed by atoms with van der Waals surface area (Å²) in [6.07, 6.45) is 4.68. The third-order valence-electron chi connectivity index (χ3n) is 4.03. The van der Waals surface area contributed by atoms with Crippen LogP contribution in [0.15, 0.2) is 18.3 Å². The van der Waals surface area contributed by atoms with Gasteiger partial charge in [0.15, 0.2) is 0 Å². The Morgan fingerprint density at radius 2 is 2.05 bits per heavy atom. The molecule has 1 aromatic heterocycles. The topological polar surface area (TPSA) is 28.2 Å². The quantitative estimate of drug-likeness (QED) is 0.865. The summed E-state index contributed by atoms with van der Waals surface area (Å²) in [4.78, 5) is 7.13. The predicted molar refractivity (Wildman–Crippen MR) is 84.5 cm³/mol. The zero-order valence-corrected chi connectivity index (χ0v) is 13.2. The molecule has 1 N–H and O–H groups in total. The lowest BCUT2D eigenvalue weighted by atomic mass is 9.99. The molecule has 2 rings (SSSR count). The molecule has 0 aromatic carbocycles. The van der Waals surface area contributed by atoms with Crippen molar-refractivity contribution in [3.8, 4) is 0 Å². The number of piperidine rings is 1. The van der Waals surface area contributed by atoms with Crippen LogP contribution in [0.5, 0.6) is 0 Å². The third-order valence-corrected chi connectivity index (χ3v) is 4.03. The van der Waals surface area contributed by atoms with Gasteiger partial charge in [-0.25, -0.2) is 0 Å². The van der Waals surface area contributed by atoms with Crippen molar-refractivity contribution < 1.29 is 0 Å². The van der Waals surface area contributed by atoms with Gasteiger partial charge in [-0.3, -0.25) is 9.88 Å². The van der Waals surface area contributed by atoms with Crippen LogP contribution in [0.2, 0.25) is 0 Å². The van der Waals surface area contributed by atoms with Gasteiger partial charge in [0.2, 0.25) is 0 Å². The van der Waals surface area contributed by atoms with E-state index in [1.54, 1.807) is 0 Å². The highest BCUT2D eigenvalue weighted by Crippen LogP contribution is 2.17. The Labute approximate surface area is 123 Å². The van der Waals surface area contributed by atoms with E-state index in [-0.39, 0.29) is 0 Å². The number of aromatic nitrogens is 1. The van der Waals surface area contributed by atoms with Gasteiger partial charge in [0, 0.05) is 19.3 Å². The number of nitrogens with one attached hydrogen (secondary N) is 1. The van der Waals surface area contributed by atoms with E-state index in [9.17, 15) is 0 Å². The molecule has 20 heavy (non-hydrogen) atoms. The summed E-state index contributed by atoms with van der Waals surface area (Å²) in [5.74, 6) is 1.59. The summed E-state index contributed by atoms with van der Waals surface area (Å²) in [7, 11) is 0. The van der Waals surface area contributed by atoms with Gasteiger partial charge in [0.05, 0.1) is 5.69 Å². The maximum Gasteiger partial charge on any atom is 0.0544 e. The lowest BCUT2D eigenvalue weighted by molar-refractivity contribution is 0.183. The smallest absolute Gasteiger partial charge is 0.0544 e. The minimum Gasteiger partial charge on any atom is -0.312 e. The Bertz CT molecular complexity index is 378. The van der Waals surface area contributed by atoms with Gasteiger partial charge in [0.25, 0.3) is 0 Å². The van der Waals surface area contributed by atoms with Crippen molar-refractivity contribution in [2.75, 3.05) is 19.6 Å². The first-order chi connectivity index (χ1) is 9.63. The van der Waals surface area contributed by atoms with E-state index in [0.29, 0.717) is 5.92 Å². The highest BCUT2D eigenvalue weighted by Gasteiger charge is 2.15. The molecule has 3 heteroatoms. The van der Waals surface area contributed by atoms with E-state index in [0.717, 1.165) is 25.6 Å². The fourth-order valence-electron chi connectivity index (χ4n) is 2.61. The van der Waals surface area contributed by atoms with Crippen LogP contribution < -0.4 is 5.32 Å². The second-order valence-corrected chi connectivity index (χ2v) is 6.64. The van der Waals surface area contributed by atoms with E-state index in [1.165, 1.54) is 37.2 Å². The van der Waals surface area contributed by atoms with E-state index < -0.39 is 0 Å². The second kappa shape index (κ2) is 7.75. The zero-order chi connectivity index (χ0) is 14.4. The Hall–Kier alpha value is -0.930. The number of rotatable bonds is 6. The molecular weight excluding hydrogens is 246 g/mol. The molecule has 1 fully saturated rings. The SMILES string of the molecule is CC(C)CNCc1ccc(CN2CCC(C)CC2)nc1. The molecular formula is C17H29N3. The molecule has 1 aliphatic rings. The van der Waals surface area contributed by atoms with Crippen molar-refractivity contribution in [3.63, 3.8) is 0 Å². The van der Waals surface area contributed by atoms with Crippen LogP contribution in [-0.4, -0.2) is 29.5 Å². The van der Waals surface area contributed by atoms with Gasteiger partial charge in [-0.05, 0) is 55.9 Å². The number of pyridine rings is 1. The van der Waals surface area contributed by atoms with Gasteiger partial charge < -0.3 is 5.32 Å². The summed E-state index contributed by atoms with van der Waals surface area (Å²) in [6.45, 7) is 12.3. The standard InChI is InChI=1S/C17H29N3/c1-14(2)10-18-11-16-4-5-17(19-12-16)13-20-8-6-15(3)7-9-20/h4-5,12,14-15,18H,6-11,13H2,1-3H3. The zero-order valence-electron chi connectivity index (χ0n) is 13.2. The number of likely N-dealkylation sites (tertiary alicyclic amines) is 1. The molecule has 0 radical (unpaired) electrons. The molecule has 0 saturated carbocycles. The fourth-order valence-corrected chi connectivity index (χ4v) is 2.61. The Morgan fingerprint density at radius 1 is 1.30 bits per heavy atom. The van der Waals surface area contributed by atoms with Gasteiger partial charge in [0.1, 0.15) is 0 Å². The average Bonchev–Trinajstić information content (AvgIpc) is 2.43. The van der Waals surface area contributed by atoms with Crippen LogP contribution in [0, 0.1) is 11.8 Å². The van der Waals surface area contributed by atoms with Gasteiger partial charge in [-0.2, -0.15) is 0 Å². The van der Waals surface area contributed by atoms with Crippen LogP contribution in [0.3, 0.4) is 0 Å². The summed E-state index contributed by atoms with van der Waals surface area (Å²) >= 11 is 0. The average molecular weight is 275 g/mol. The maximum atomic E-state index is 4.61. The third kappa shape index (κ3) is 5.22. The Kier molecular flexibility index (Phi) is 5.99. The van der Waals surface area contributed by atoms with Crippen LogP contribution >= 0.6 is 0 Å². The van der Waals surface area contributed by atoms with Gasteiger partial charge in [-0.15, -0.1) is 0 Å². The first kappa shape index (κ1) is 15.5. The molecule has 1 aromatic rings. The lowest BCUT2D eigenvalue weighted by Gasteiger charge is -2.29. The van der Waals surface area contributed by atoms with Crippen molar-refractivity contribution in [1.82, 2.24) is 15.2 Å². The molecule has 1 aliphatic heterocycles. The predicted octanol–water partition coefficient (Wildman–Crippen LogP) is 3.06. The van der Waals surface area contributed by atoms with Crippen molar-refractivity contribution in [2.24, 2.45) is 11.8 Å². The van der Waals surface area contributed by atoms with E-state index in [1.807, 2.05) is 6.20 Å². The largest absolute Gasteiger partial charge is 0.312 e. The van der Waals surface area contributed by atoms with Crippen molar-refractivity contribution >= 4 is 0 Å². The number of hydrogen-bond acceptors (Lipinski definition) is 3. The number of hydrogen-bond donors (Lipinski definition) is 1.